The van der Waals surface area contributed by atoms with Gasteiger partial charge in [0.05, 0.1) is 29.5 Å². The second-order valence-electron chi connectivity index (χ2n) is 9.99. The lowest BCUT2D eigenvalue weighted by Crippen LogP contribution is -2.33. The third-order valence-electron chi connectivity index (χ3n) is 7.45. The number of pyridine rings is 2. The van der Waals surface area contributed by atoms with Gasteiger partial charge in [0.15, 0.2) is 5.65 Å². The topological polar surface area (TPSA) is 122 Å². The molecule has 190 valence electrons. The summed E-state index contributed by atoms with van der Waals surface area (Å²) in [4.78, 5) is 32.5. The Morgan fingerprint density at radius 2 is 1.95 bits per heavy atom. The number of nitrogens with one attached hydrogen (secondary N) is 2. The molecular weight excluding hydrogens is 470 g/mol. The van der Waals surface area contributed by atoms with Crippen LogP contribution in [0.2, 0.25) is 0 Å². The van der Waals surface area contributed by atoms with Gasteiger partial charge >= 0.3 is 0 Å². The highest BCUT2D eigenvalue weighted by Gasteiger charge is 2.50. The van der Waals surface area contributed by atoms with Gasteiger partial charge in [-0.05, 0) is 62.9 Å². The number of anilines is 2. The second-order valence-corrected chi connectivity index (χ2v) is 9.99. The summed E-state index contributed by atoms with van der Waals surface area (Å²) >= 11 is 0. The van der Waals surface area contributed by atoms with Crippen LogP contribution in [-0.4, -0.2) is 64.7 Å². The lowest BCUT2D eigenvalue weighted by Gasteiger charge is -2.23. The highest BCUT2D eigenvalue weighted by atomic mass is 16.2. The minimum atomic E-state index is -0.418. The monoisotopic (exact) mass is 499 g/mol. The molecule has 1 spiro atoms. The number of rotatable bonds is 7. The molecule has 2 amide bonds. The molecule has 6 rings (SSSR count). The first-order valence-corrected chi connectivity index (χ1v) is 12.6. The first kappa shape index (κ1) is 23.3. The standard InChI is InChI=1S/C26H29N9O2/c1-17-21(13-20(15-27-17)29-23(36)5-10-34-9-3-6-26(34)7-8-26)30-25(37)24-32-31-22-12-18(4-11-35(22)24)19-14-28-33(2)16-19/h4,11-16H,3,5-10H2,1-2H3,(H,29,36)(H,30,37). The Balaban J connectivity index is 1.12. The molecule has 0 unspecified atom stereocenters. The first-order valence-electron chi connectivity index (χ1n) is 12.6. The highest BCUT2D eigenvalue weighted by molar-refractivity contribution is 6.03. The van der Waals surface area contributed by atoms with Gasteiger partial charge < -0.3 is 10.6 Å². The van der Waals surface area contributed by atoms with Gasteiger partial charge in [0.1, 0.15) is 0 Å². The zero-order chi connectivity index (χ0) is 25.6. The smallest absolute Gasteiger partial charge is 0.294 e. The molecule has 2 fully saturated rings. The Kier molecular flexibility index (Phi) is 5.71. The predicted octanol–water partition coefficient (Wildman–Crippen LogP) is 3.04. The first-order chi connectivity index (χ1) is 17.9. The van der Waals surface area contributed by atoms with Crippen LogP contribution in [0.3, 0.4) is 0 Å². The summed E-state index contributed by atoms with van der Waals surface area (Å²) in [6.07, 6.45) is 12.5. The second kappa shape index (κ2) is 9.07. The van der Waals surface area contributed by atoms with Crippen LogP contribution in [0.5, 0.6) is 0 Å². The molecule has 11 nitrogen and oxygen atoms in total. The van der Waals surface area contributed by atoms with E-state index in [-0.39, 0.29) is 11.7 Å². The Morgan fingerprint density at radius 1 is 1.08 bits per heavy atom. The maximum Gasteiger partial charge on any atom is 0.294 e. The van der Waals surface area contributed by atoms with Crippen LogP contribution in [0.25, 0.3) is 16.8 Å². The summed E-state index contributed by atoms with van der Waals surface area (Å²) in [6.45, 7) is 3.65. The molecule has 1 aliphatic carbocycles. The number of aromatic nitrogens is 6. The number of fused-ring (bicyclic) bond motifs is 1. The third-order valence-corrected chi connectivity index (χ3v) is 7.45. The Hall–Kier alpha value is -4.12. The lowest BCUT2D eigenvalue weighted by atomic mass is 10.1. The number of hydrogen-bond donors (Lipinski definition) is 2. The van der Waals surface area contributed by atoms with E-state index >= 15 is 0 Å². The molecule has 37 heavy (non-hydrogen) atoms. The van der Waals surface area contributed by atoms with Crippen molar-refractivity contribution in [2.24, 2.45) is 7.05 Å². The van der Waals surface area contributed by atoms with Crippen molar-refractivity contribution in [3.05, 3.63) is 54.5 Å². The number of nitrogens with zero attached hydrogens (tertiary/aromatic N) is 7. The summed E-state index contributed by atoms with van der Waals surface area (Å²) in [5.74, 6) is -0.321. The van der Waals surface area contributed by atoms with E-state index < -0.39 is 5.91 Å². The number of carbonyl (C=O) groups excluding carboxylic acids is 2. The lowest BCUT2D eigenvalue weighted by molar-refractivity contribution is -0.116. The maximum absolute atomic E-state index is 13.1. The molecule has 2 N–H and O–H groups in total. The molecule has 1 saturated carbocycles. The summed E-state index contributed by atoms with van der Waals surface area (Å²) in [5, 5.41) is 18.3. The molecule has 11 heteroatoms. The van der Waals surface area contributed by atoms with Crippen molar-refractivity contribution < 1.29 is 9.59 Å². The van der Waals surface area contributed by atoms with Gasteiger partial charge in [-0.3, -0.25) is 28.6 Å². The Bertz CT molecular complexity index is 1500. The average molecular weight is 500 g/mol. The molecule has 1 saturated heterocycles. The van der Waals surface area contributed by atoms with Crippen LogP contribution in [0, 0.1) is 6.92 Å². The van der Waals surface area contributed by atoms with Gasteiger partial charge in [-0.1, -0.05) is 0 Å². The van der Waals surface area contributed by atoms with E-state index in [2.05, 4.69) is 35.8 Å². The third kappa shape index (κ3) is 4.57. The summed E-state index contributed by atoms with van der Waals surface area (Å²) in [7, 11) is 1.86. The van der Waals surface area contributed by atoms with Crippen molar-refractivity contribution in [1.29, 1.82) is 0 Å². The number of hydrogen-bond acceptors (Lipinski definition) is 7. The molecule has 0 radical (unpaired) electrons. The van der Waals surface area contributed by atoms with Gasteiger partial charge in [-0.25, -0.2) is 0 Å². The van der Waals surface area contributed by atoms with Crippen LogP contribution in [-0.2, 0) is 11.8 Å². The number of likely N-dealkylation sites (tertiary alicyclic amines) is 1. The minimum absolute atomic E-state index is 0.0569. The molecule has 4 aromatic rings. The van der Waals surface area contributed by atoms with Crippen molar-refractivity contribution in [3.8, 4) is 11.1 Å². The zero-order valence-corrected chi connectivity index (χ0v) is 20.9. The predicted molar refractivity (Wildman–Crippen MR) is 138 cm³/mol. The van der Waals surface area contributed by atoms with E-state index in [0.29, 0.717) is 34.7 Å². The number of carbonyl (C=O) groups is 2. The fraction of sp³-hybridized carbons (Fsp3) is 0.385. The summed E-state index contributed by atoms with van der Waals surface area (Å²) < 4.78 is 3.36. The summed E-state index contributed by atoms with van der Waals surface area (Å²) in [6, 6.07) is 5.47. The molecule has 0 aromatic carbocycles. The zero-order valence-electron chi connectivity index (χ0n) is 20.9. The number of aryl methyl sites for hydroxylation is 2. The summed E-state index contributed by atoms with van der Waals surface area (Å²) in [5.41, 5.74) is 4.49. The fourth-order valence-corrected chi connectivity index (χ4v) is 5.22. The van der Waals surface area contributed by atoms with Gasteiger partial charge in [-0.15, -0.1) is 10.2 Å². The molecule has 2 aliphatic rings. The SMILES string of the molecule is Cc1ncc(NC(=O)CCN2CCCC23CC3)cc1NC(=O)c1nnc2cc(-c3cnn(C)c3)ccn12. The molecule has 0 bridgehead atoms. The van der Waals surface area contributed by atoms with E-state index in [0.717, 1.165) is 24.2 Å². The molecular formula is C26H29N9O2. The largest absolute Gasteiger partial charge is 0.325 e. The van der Waals surface area contributed by atoms with Crippen LogP contribution < -0.4 is 10.6 Å². The van der Waals surface area contributed by atoms with E-state index in [1.165, 1.54) is 25.7 Å². The van der Waals surface area contributed by atoms with E-state index in [1.807, 2.05) is 25.4 Å². The van der Waals surface area contributed by atoms with Crippen LogP contribution in [0.4, 0.5) is 11.4 Å². The highest BCUT2D eigenvalue weighted by Crippen LogP contribution is 2.49. The molecule has 0 atom stereocenters. The molecule has 4 aromatic heterocycles. The van der Waals surface area contributed by atoms with Crippen molar-refractivity contribution in [3.63, 3.8) is 0 Å². The van der Waals surface area contributed by atoms with Gasteiger partial charge in [-0.2, -0.15) is 5.10 Å². The Morgan fingerprint density at radius 3 is 2.73 bits per heavy atom. The van der Waals surface area contributed by atoms with E-state index in [1.54, 1.807) is 40.7 Å². The molecule has 5 heterocycles. The maximum atomic E-state index is 13.1. The van der Waals surface area contributed by atoms with E-state index in [9.17, 15) is 9.59 Å². The molecule has 1 aliphatic heterocycles. The normalized spacial score (nSPS) is 16.4. The van der Waals surface area contributed by atoms with Crippen LogP contribution >= 0.6 is 0 Å². The van der Waals surface area contributed by atoms with Gasteiger partial charge in [0.25, 0.3) is 5.91 Å². The van der Waals surface area contributed by atoms with Crippen LogP contribution in [0.1, 0.15) is 48.4 Å². The quantitative estimate of drug-likeness (QED) is 0.401. The average Bonchev–Trinajstić information content (AvgIpc) is 3.18. The van der Waals surface area contributed by atoms with Gasteiger partial charge in [0.2, 0.25) is 11.7 Å². The van der Waals surface area contributed by atoms with Gasteiger partial charge in [0, 0.05) is 43.5 Å². The van der Waals surface area contributed by atoms with E-state index in [4.69, 9.17) is 0 Å². The van der Waals surface area contributed by atoms with Crippen molar-refractivity contribution in [1.82, 2.24) is 34.3 Å². The Labute approximate surface area is 213 Å². The van der Waals surface area contributed by atoms with Crippen molar-refractivity contribution in [2.75, 3.05) is 23.7 Å². The number of amides is 2. The fourth-order valence-electron chi connectivity index (χ4n) is 5.22. The van der Waals surface area contributed by atoms with Crippen molar-refractivity contribution in [2.45, 2.75) is 44.6 Å². The minimum Gasteiger partial charge on any atom is -0.325 e. The van der Waals surface area contributed by atoms with Crippen LogP contribution in [0.15, 0.2) is 43.0 Å². The van der Waals surface area contributed by atoms with Crippen molar-refractivity contribution >= 4 is 28.8 Å².